The summed E-state index contributed by atoms with van der Waals surface area (Å²) in [5, 5.41) is 3.35. The third-order valence-corrected chi connectivity index (χ3v) is 3.40. The summed E-state index contributed by atoms with van der Waals surface area (Å²) in [6.45, 7) is 4.60. The van der Waals surface area contributed by atoms with Gasteiger partial charge in [-0.15, -0.1) is 0 Å². The zero-order valence-electron chi connectivity index (χ0n) is 11.8. The minimum Gasteiger partial charge on any atom is -0.354 e. The molecule has 5 heteroatoms. The average Bonchev–Trinajstić information content (AvgIpc) is 2.46. The Kier molecular flexibility index (Phi) is 5.49. The molecule has 0 aromatic carbocycles. The number of nitrogens with one attached hydrogen (secondary N) is 1. The fourth-order valence-electron chi connectivity index (χ4n) is 2.02. The van der Waals surface area contributed by atoms with Crippen LogP contribution in [-0.4, -0.2) is 23.6 Å². The molecule has 0 unspecified atom stereocenters. The van der Waals surface area contributed by atoms with E-state index in [1.165, 1.54) is 5.56 Å². The number of anilines is 1. The van der Waals surface area contributed by atoms with E-state index in [2.05, 4.69) is 49.1 Å². The molecule has 0 aliphatic heterocycles. The summed E-state index contributed by atoms with van der Waals surface area (Å²) >= 11 is 3.48. The molecular formula is C15H19BrN4. The van der Waals surface area contributed by atoms with Crippen molar-refractivity contribution < 1.29 is 0 Å². The molecule has 2 heterocycles. The molecule has 0 atom stereocenters. The van der Waals surface area contributed by atoms with E-state index in [-0.39, 0.29) is 0 Å². The van der Waals surface area contributed by atoms with E-state index in [0.29, 0.717) is 0 Å². The number of hydrogen-bond acceptors (Lipinski definition) is 4. The Morgan fingerprint density at radius 2 is 2.15 bits per heavy atom. The minimum absolute atomic E-state index is 0.745. The topological polar surface area (TPSA) is 41.1 Å². The summed E-state index contributed by atoms with van der Waals surface area (Å²) in [5.74, 6) is 0.986. The Bertz CT molecular complexity index is 545. The maximum Gasteiger partial charge on any atom is 0.133 e. The maximum atomic E-state index is 4.54. The molecule has 1 N–H and O–H groups in total. The van der Waals surface area contributed by atoms with Gasteiger partial charge in [0.25, 0.3) is 0 Å². The molecule has 20 heavy (non-hydrogen) atoms. The summed E-state index contributed by atoms with van der Waals surface area (Å²) in [6.07, 6.45) is 3.65. The van der Waals surface area contributed by atoms with Crippen LogP contribution in [0.5, 0.6) is 0 Å². The van der Waals surface area contributed by atoms with Crippen molar-refractivity contribution in [3.8, 4) is 0 Å². The van der Waals surface area contributed by atoms with Gasteiger partial charge in [0, 0.05) is 36.0 Å². The zero-order chi connectivity index (χ0) is 14.4. The molecule has 0 radical (unpaired) electrons. The van der Waals surface area contributed by atoms with Gasteiger partial charge < -0.3 is 10.2 Å². The Balaban J connectivity index is 2.18. The van der Waals surface area contributed by atoms with Crippen molar-refractivity contribution in [3.05, 3.63) is 52.4 Å². The Labute approximate surface area is 128 Å². The highest BCUT2D eigenvalue weighted by molar-refractivity contribution is 9.10. The van der Waals surface area contributed by atoms with Gasteiger partial charge in [-0.05, 0) is 40.7 Å². The maximum absolute atomic E-state index is 4.54. The molecule has 0 aliphatic carbocycles. The summed E-state index contributed by atoms with van der Waals surface area (Å²) in [7, 11) is 2.04. The molecule has 2 aromatic rings. The molecule has 0 bridgehead atoms. The quantitative estimate of drug-likeness (QED) is 0.881. The van der Waals surface area contributed by atoms with Gasteiger partial charge in [0.2, 0.25) is 0 Å². The van der Waals surface area contributed by atoms with E-state index < -0.39 is 0 Å². The standard InChI is InChI=1S/C15H19BrN4/c1-3-17-9-12-8-13(16)10-19-15(12)20(2)11-14-6-4-5-7-18-14/h4-8,10,17H,3,9,11H2,1-2H3. The molecule has 106 valence electrons. The van der Waals surface area contributed by atoms with Crippen LogP contribution >= 0.6 is 15.9 Å². The molecule has 2 rings (SSSR count). The molecule has 0 saturated carbocycles. The summed E-state index contributed by atoms with van der Waals surface area (Å²) in [5.41, 5.74) is 2.22. The first-order chi connectivity index (χ1) is 9.70. The lowest BCUT2D eigenvalue weighted by Gasteiger charge is -2.21. The van der Waals surface area contributed by atoms with Gasteiger partial charge in [-0.3, -0.25) is 4.98 Å². The van der Waals surface area contributed by atoms with Crippen LogP contribution in [0.15, 0.2) is 41.1 Å². The van der Waals surface area contributed by atoms with Crippen LogP contribution in [0.4, 0.5) is 5.82 Å². The fourth-order valence-corrected chi connectivity index (χ4v) is 2.40. The number of halogens is 1. The first-order valence-corrected chi connectivity index (χ1v) is 7.46. The Morgan fingerprint density at radius 3 is 2.85 bits per heavy atom. The normalized spacial score (nSPS) is 10.6. The van der Waals surface area contributed by atoms with Crippen LogP contribution in [0.3, 0.4) is 0 Å². The van der Waals surface area contributed by atoms with Crippen LogP contribution in [0.25, 0.3) is 0 Å². The molecule has 0 fully saturated rings. The molecule has 0 aliphatic rings. The number of pyridine rings is 2. The van der Waals surface area contributed by atoms with E-state index in [9.17, 15) is 0 Å². The molecule has 4 nitrogen and oxygen atoms in total. The second-order valence-electron chi connectivity index (χ2n) is 4.59. The van der Waals surface area contributed by atoms with Crippen molar-refractivity contribution in [2.24, 2.45) is 0 Å². The fraction of sp³-hybridized carbons (Fsp3) is 0.333. The van der Waals surface area contributed by atoms with Crippen molar-refractivity contribution in [3.63, 3.8) is 0 Å². The highest BCUT2D eigenvalue weighted by Crippen LogP contribution is 2.21. The monoisotopic (exact) mass is 334 g/mol. The number of rotatable bonds is 6. The van der Waals surface area contributed by atoms with E-state index in [1.54, 1.807) is 0 Å². The largest absolute Gasteiger partial charge is 0.354 e. The van der Waals surface area contributed by atoms with Gasteiger partial charge in [-0.25, -0.2) is 4.98 Å². The molecule has 2 aromatic heterocycles. The second kappa shape index (κ2) is 7.36. The lowest BCUT2D eigenvalue weighted by atomic mass is 10.2. The van der Waals surface area contributed by atoms with E-state index in [0.717, 1.165) is 35.6 Å². The average molecular weight is 335 g/mol. The van der Waals surface area contributed by atoms with Crippen LogP contribution < -0.4 is 10.2 Å². The van der Waals surface area contributed by atoms with Gasteiger partial charge in [0.1, 0.15) is 5.82 Å². The summed E-state index contributed by atoms with van der Waals surface area (Å²) in [4.78, 5) is 11.0. The van der Waals surface area contributed by atoms with Crippen molar-refractivity contribution in [2.75, 3.05) is 18.5 Å². The van der Waals surface area contributed by atoms with E-state index in [1.807, 2.05) is 37.6 Å². The van der Waals surface area contributed by atoms with Gasteiger partial charge >= 0.3 is 0 Å². The van der Waals surface area contributed by atoms with Crippen molar-refractivity contribution in [2.45, 2.75) is 20.0 Å². The number of hydrogen-bond donors (Lipinski definition) is 1. The SMILES string of the molecule is CCNCc1cc(Br)cnc1N(C)Cc1ccccn1. The molecule has 0 amide bonds. The van der Waals surface area contributed by atoms with Gasteiger partial charge in [0.05, 0.1) is 12.2 Å². The van der Waals surface area contributed by atoms with Gasteiger partial charge in [-0.1, -0.05) is 13.0 Å². The summed E-state index contributed by atoms with van der Waals surface area (Å²) in [6, 6.07) is 8.07. The Morgan fingerprint density at radius 1 is 1.30 bits per heavy atom. The smallest absolute Gasteiger partial charge is 0.133 e. The Hall–Kier alpha value is -1.46. The van der Waals surface area contributed by atoms with Crippen LogP contribution in [0.2, 0.25) is 0 Å². The van der Waals surface area contributed by atoms with Crippen LogP contribution in [-0.2, 0) is 13.1 Å². The minimum atomic E-state index is 0.745. The number of aromatic nitrogens is 2. The molecular weight excluding hydrogens is 316 g/mol. The van der Waals surface area contributed by atoms with Crippen molar-refractivity contribution in [1.82, 2.24) is 15.3 Å². The van der Waals surface area contributed by atoms with Crippen LogP contribution in [0.1, 0.15) is 18.2 Å². The highest BCUT2D eigenvalue weighted by atomic mass is 79.9. The van der Waals surface area contributed by atoms with Gasteiger partial charge in [0.15, 0.2) is 0 Å². The lowest BCUT2D eigenvalue weighted by Crippen LogP contribution is -2.22. The van der Waals surface area contributed by atoms with Crippen LogP contribution in [0, 0.1) is 0 Å². The van der Waals surface area contributed by atoms with Crippen molar-refractivity contribution >= 4 is 21.7 Å². The molecule has 0 saturated heterocycles. The molecule has 0 spiro atoms. The zero-order valence-corrected chi connectivity index (χ0v) is 13.4. The first-order valence-electron chi connectivity index (χ1n) is 6.67. The third kappa shape index (κ3) is 4.02. The highest BCUT2D eigenvalue weighted by Gasteiger charge is 2.10. The lowest BCUT2D eigenvalue weighted by molar-refractivity contribution is 0.718. The van der Waals surface area contributed by atoms with Crippen molar-refractivity contribution in [1.29, 1.82) is 0 Å². The van der Waals surface area contributed by atoms with E-state index in [4.69, 9.17) is 0 Å². The third-order valence-electron chi connectivity index (χ3n) is 2.96. The number of nitrogens with zero attached hydrogens (tertiary/aromatic N) is 3. The second-order valence-corrected chi connectivity index (χ2v) is 5.51. The summed E-state index contributed by atoms with van der Waals surface area (Å²) < 4.78 is 1.00. The van der Waals surface area contributed by atoms with Gasteiger partial charge in [-0.2, -0.15) is 0 Å². The predicted molar refractivity (Wildman–Crippen MR) is 85.7 cm³/mol. The first kappa shape index (κ1) is 14.9. The predicted octanol–water partition coefficient (Wildman–Crippen LogP) is 2.99. The van der Waals surface area contributed by atoms with E-state index >= 15 is 0 Å².